The molecule has 1 aromatic heterocycles. The maximum absolute atomic E-state index is 12.5. The molecule has 0 bridgehead atoms. The summed E-state index contributed by atoms with van der Waals surface area (Å²) >= 11 is 3.37. The largest absolute Gasteiger partial charge is 0.492 e. The SMILES string of the molecule is Cc1cccc2c(=O)n(CC(=O)NCCOc3cccc(Br)c3)cnc12. The molecule has 6 nitrogen and oxygen atoms in total. The van der Waals surface area contributed by atoms with E-state index in [4.69, 9.17) is 4.74 Å². The lowest BCUT2D eigenvalue weighted by Gasteiger charge is -2.10. The standard InChI is InChI=1S/C19H18BrN3O3/c1-13-4-2-7-16-18(13)22-12-23(19(16)25)11-17(24)21-8-9-26-15-6-3-5-14(20)10-15/h2-7,10,12H,8-9,11H2,1H3,(H,21,24). The number of carbonyl (C=O) groups is 1. The highest BCUT2D eigenvalue weighted by molar-refractivity contribution is 9.10. The molecule has 26 heavy (non-hydrogen) atoms. The fourth-order valence-corrected chi connectivity index (χ4v) is 2.96. The van der Waals surface area contributed by atoms with Crippen LogP contribution in [0.2, 0.25) is 0 Å². The Balaban J connectivity index is 1.56. The molecule has 1 N–H and O–H groups in total. The van der Waals surface area contributed by atoms with E-state index in [1.165, 1.54) is 10.9 Å². The second-order valence-corrected chi connectivity index (χ2v) is 6.72. The maximum Gasteiger partial charge on any atom is 0.261 e. The van der Waals surface area contributed by atoms with Crippen molar-refractivity contribution in [2.45, 2.75) is 13.5 Å². The van der Waals surface area contributed by atoms with Gasteiger partial charge in [-0.05, 0) is 36.8 Å². The Kier molecular flexibility index (Phi) is 5.68. The molecular weight excluding hydrogens is 398 g/mol. The summed E-state index contributed by atoms with van der Waals surface area (Å²) in [6.07, 6.45) is 1.41. The minimum Gasteiger partial charge on any atom is -0.492 e. The Bertz CT molecular complexity index is 1000. The third-order valence-electron chi connectivity index (χ3n) is 3.86. The van der Waals surface area contributed by atoms with E-state index in [1.807, 2.05) is 43.3 Å². The number of nitrogens with one attached hydrogen (secondary N) is 1. The number of carbonyl (C=O) groups excluding carboxylic acids is 1. The van der Waals surface area contributed by atoms with Crippen molar-refractivity contribution in [1.29, 1.82) is 0 Å². The van der Waals surface area contributed by atoms with Crippen molar-refractivity contribution in [3.63, 3.8) is 0 Å². The Hall–Kier alpha value is -2.67. The summed E-state index contributed by atoms with van der Waals surface area (Å²) in [5.74, 6) is 0.456. The molecule has 0 radical (unpaired) electrons. The predicted octanol–water partition coefficient (Wildman–Crippen LogP) is 2.66. The predicted molar refractivity (Wildman–Crippen MR) is 103 cm³/mol. The van der Waals surface area contributed by atoms with Crippen LogP contribution in [-0.4, -0.2) is 28.6 Å². The van der Waals surface area contributed by atoms with Gasteiger partial charge < -0.3 is 10.1 Å². The van der Waals surface area contributed by atoms with Crippen LogP contribution in [0.25, 0.3) is 10.9 Å². The van der Waals surface area contributed by atoms with E-state index in [1.54, 1.807) is 6.07 Å². The van der Waals surface area contributed by atoms with Gasteiger partial charge in [0, 0.05) is 4.47 Å². The van der Waals surface area contributed by atoms with E-state index in [0.29, 0.717) is 24.1 Å². The topological polar surface area (TPSA) is 73.2 Å². The molecule has 0 saturated carbocycles. The van der Waals surface area contributed by atoms with Gasteiger partial charge in [-0.15, -0.1) is 0 Å². The molecule has 3 aromatic rings. The van der Waals surface area contributed by atoms with Crippen molar-refractivity contribution in [3.05, 3.63) is 69.2 Å². The van der Waals surface area contributed by atoms with Crippen LogP contribution >= 0.6 is 15.9 Å². The van der Waals surface area contributed by atoms with Gasteiger partial charge >= 0.3 is 0 Å². The average Bonchev–Trinajstić information content (AvgIpc) is 2.62. The Labute approximate surface area is 158 Å². The smallest absolute Gasteiger partial charge is 0.261 e. The van der Waals surface area contributed by atoms with Gasteiger partial charge in [0.25, 0.3) is 5.56 Å². The lowest BCUT2D eigenvalue weighted by molar-refractivity contribution is -0.121. The number of para-hydroxylation sites is 1. The summed E-state index contributed by atoms with van der Waals surface area (Å²) in [4.78, 5) is 28.8. The zero-order chi connectivity index (χ0) is 18.5. The minimum absolute atomic E-state index is 0.0768. The van der Waals surface area contributed by atoms with Gasteiger partial charge in [-0.3, -0.25) is 14.2 Å². The number of hydrogen-bond donors (Lipinski definition) is 1. The van der Waals surface area contributed by atoms with Crippen molar-refractivity contribution in [1.82, 2.24) is 14.9 Å². The number of aryl methyl sites for hydroxylation is 1. The van der Waals surface area contributed by atoms with Crippen molar-refractivity contribution >= 4 is 32.7 Å². The number of fused-ring (bicyclic) bond motifs is 1. The number of aromatic nitrogens is 2. The van der Waals surface area contributed by atoms with Crippen molar-refractivity contribution in [2.24, 2.45) is 0 Å². The second kappa shape index (κ2) is 8.14. The lowest BCUT2D eigenvalue weighted by atomic mass is 10.1. The maximum atomic E-state index is 12.5. The second-order valence-electron chi connectivity index (χ2n) is 5.80. The third-order valence-corrected chi connectivity index (χ3v) is 4.35. The molecule has 134 valence electrons. The van der Waals surface area contributed by atoms with Gasteiger partial charge in [0.15, 0.2) is 0 Å². The van der Waals surface area contributed by atoms with Crippen molar-refractivity contribution < 1.29 is 9.53 Å². The van der Waals surface area contributed by atoms with Crippen LogP contribution in [0.4, 0.5) is 0 Å². The fourth-order valence-electron chi connectivity index (χ4n) is 2.58. The van der Waals surface area contributed by atoms with Gasteiger partial charge in [-0.1, -0.05) is 34.1 Å². The lowest BCUT2D eigenvalue weighted by Crippen LogP contribution is -2.34. The van der Waals surface area contributed by atoms with Gasteiger partial charge in [0.05, 0.1) is 23.8 Å². The zero-order valence-corrected chi connectivity index (χ0v) is 15.8. The molecule has 2 aromatic carbocycles. The average molecular weight is 416 g/mol. The molecule has 0 spiro atoms. The van der Waals surface area contributed by atoms with Crippen LogP contribution in [0.1, 0.15) is 5.56 Å². The number of ether oxygens (including phenoxy) is 1. The van der Waals surface area contributed by atoms with Crippen molar-refractivity contribution in [3.8, 4) is 5.75 Å². The molecule has 0 aliphatic carbocycles. The third kappa shape index (κ3) is 4.29. The monoisotopic (exact) mass is 415 g/mol. The van der Waals surface area contributed by atoms with E-state index >= 15 is 0 Å². The van der Waals surface area contributed by atoms with Crippen LogP contribution in [0.3, 0.4) is 0 Å². The molecule has 0 fully saturated rings. The number of benzene rings is 2. The Morgan fingerprint density at radius 3 is 2.88 bits per heavy atom. The Morgan fingerprint density at radius 2 is 2.08 bits per heavy atom. The fraction of sp³-hybridized carbons (Fsp3) is 0.211. The van der Waals surface area contributed by atoms with Gasteiger partial charge in [0.2, 0.25) is 5.91 Å². The van der Waals surface area contributed by atoms with Crippen LogP contribution in [0, 0.1) is 6.92 Å². The molecule has 0 aliphatic heterocycles. The Morgan fingerprint density at radius 1 is 1.27 bits per heavy atom. The molecule has 3 rings (SSSR count). The molecule has 0 aliphatic rings. The molecule has 0 atom stereocenters. The summed E-state index contributed by atoms with van der Waals surface area (Å²) in [6, 6.07) is 12.9. The summed E-state index contributed by atoms with van der Waals surface area (Å²) in [5.41, 5.74) is 1.37. The normalized spacial score (nSPS) is 10.7. The molecule has 1 amide bonds. The first kappa shape index (κ1) is 18.1. The highest BCUT2D eigenvalue weighted by atomic mass is 79.9. The van der Waals surface area contributed by atoms with E-state index in [0.717, 1.165) is 15.8 Å². The molecule has 7 heteroatoms. The van der Waals surface area contributed by atoms with E-state index < -0.39 is 0 Å². The zero-order valence-electron chi connectivity index (χ0n) is 14.2. The number of nitrogens with zero attached hydrogens (tertiary/aromatic N) is 2. The summed E-state index contributed by atoms with van der Waals surface area (Å²) in [5, 5.41) is 3.25. The summed E-state index contributed by atoms with van der Waals surface area (Å²) < 4.78 is 7.80. The highest BCUT2D eigenvalue weighted by Crippen LogP contribution is 2.17. The van der Waals surface area contributed by atoms with E-state index in [-0.39, 0.29) is 18.0 Å². The summed E-state index contributed by atoms with van der Waals surface area (Å²) in [6.45, 7) is 2.51. The van der Waals surface area contributed by atoms with Gasteiger partial charge in [0.1, 0.15) is 18.9 Å². The van der Waals surface area contributed by atoms with Crippen molar-refractivity contribution in [2.75, 3.05) is 13.2 Å². The first-order valence-electron chi connectivity index (χ1n) is 8.14. The number of hydrogen-bond acceptors (Lipinski definition) is 4. The van der Waals surface area contributed by atoms with Crippen LogP contribution < -0.4 is 15.6 Å². The van der Waals surface area contributed by atoms with Crippen LogP contribution in [-0.2, 0) is 11.3 Å². The number of amides is 1. The first-order valence-corrected chi connectivity index (χ1v) is 8.94. The van der Waals surface area contributed by atoms with Gasteiger partial charge in [-0.2, -0.15) is 0 Å². The van der Waals surface area contributed by atoms with Crippen LogP contribution in [0.15, 0.2) is 58.1 Å². The number of halogens is 1. The highest BCUT2D eigenvalue weighted by Gasteiger charge is 2.09. The number of rotatable bonds is 6. The molecular formula is C19H18BrN3O3. The molecule has 1 heterocycles. The van der Waals surface area contributed by atoms with Crippen LogP contribution in [0.5, 0.6) is 5.75 Å². The van der Waals surface area contributed by atoms with E-state index in [9.17, 15) is 9.59 Å². The van der Waals surface area contributed by atoms with E-state index in [2.05, 4.69) is 26.2 Å². The first-order chi connectivity index (χ1) is 12.5. The molecule has 0 unspecified atom stereocenters. The minimum atomic E-state index is -0.265. The summed E-state index contributed by atoms with van der Waals surface area (Å²) in [7, 11) is 0. The molecule has 0 saturated heterocycles. The quantitative estimate of drug-likeness (QED) is 0.628. The van der Waals surface area contributed by atoms with Gasteiger partial charge in [-0.25, -0.2) is 4.98 Å².